The molecule has 0 radical (unpaired) electrons. The maximum atomic E-state index is 12.4. The third-order valence-electron chi connectivity index (χ3n) is 5.20. The van der Waals surface area contributed by atoms with Gasteiger partial charge in [-0.1, -0.05) is 0 Å². The van der Waals surface area contributed by atoms with E-state index in [0.717, 1.165) is 51.0 Å². The fourth-order valence-electron chi connectivity index (χ4n) is 4.15. The van der Waals surface area contributed by atoms with Crippen LogP contribution in [0.1, 0.15) is 64.7 Å². The molecule has 2 saturated carbocycles. The van der Waals surface area contributed by atoms with Crippen molar-refractivity contribution in [3.63, 3.8) is 0 Å². The molecule has 0 aromatic heterocycles. The Morgan fingerprint density at radius 3 is 1.80 bits per heavy atom. The molecule has 0 bridgehead atoms. The molecule has 0 atom stereocenters. The third-order valence-corrected chi connectivity index (χ3v) is 5.20. The molecule has 2 rings (SSSR count). The number of hydrogen-bond acceptors (Lipinski definition) is 1. The topological polar surface area (TPSA) is 9.23 Å². The van der Waals surface area contributed by atoms with Crippen LogP contribution in [0.5, 0.6) is 0 Å². The van der Waals surface area contributed by atoms with E-state index in [-0.39, 0.29) is 5.92 Å². The molecule has 0 saturated heterocycles. The van der Waals surface area contributed by atoms with Crippen LogP contribution in [0.3, 0.4) is 0 Å². The molecular formula is C16H27F3O. The average molecular weight is 292 g/mol. The molecule has 20 heavy (non-hydrogen) atoms. The first-order valence-corrected chi connectivity index (χ1v) is 8.16. The molecule has 118 valence electrons. The van der Waals surface area contributed by atoms with Gasteiger partial charge in [-0.15, -0.1) is 0 Å². The van der Waals surface area contributed by atoms with E-state index in [1.54, 1.807) is 0 Å². The van der Waals surface area contributed by atoms with Crippen LogP contribution >= 0.6 is 0 Å². The monoisotopic (exact) mass is 292 g/mol. The average Bonchev–Trinajstić information content (AvgIpc) is 2.39. The lowest BCUT2D eigenvalue weighted by Gasteiger charge is -2.37. The Bertz CT molecular complexity index is 274. The third kappa shape index (κ3) is 4.94. The summed E-state index contributed by atoms with van der Waals surface area (Å²) in [5.41, 5.74) is 0. The predicted molar refractivity (Wildman–Crippen MR) is 73.5 cm³/mol. The molecule has 0 heterocycles. The largest absolute Gasteiger partial charge is 0.389 e. The molecule has 4 heteroatoms. The molecule has 2 aliphatic rings. The highest BCUT2D eigenvalue weighted by molar-refractivity contribution is 4.82. The van der Waals surface area contributed by atoms with E-state index in [1.807, 2.05) is 6.92 Å². The zero-order chi connectivity index (χ0) is 14.6. The smallest absolute Gasteiger partial charge is 0.379 e. The summed E-state index contributed by atoms with van der Waals surface area (Å²) in [6.45, 7) is 2.83. The van der Waals surface area contributed by atoms with Crippen LogP contribution < -0.4 is 0 Å². The summed E-state index contributed by atoms with van der Waals surface area (Å²) in [6.07, 6.45) is 4.13. The second kappa shape index (κ2) is 7.15. The Labute approximate surface area is 120 Å². The summed E-state index contributed by atoms with van der Waals surface area (Å²) in [5.74, 6) is 1.28. The summed E-state index contributed by atoms with van der Waals surface area (Å²) in [6, 6.07) is 0. The summed E-state index contributed by atoms with van der Waals surface area (Å²) < 4.78 is 42.8. The van der Waals surface area contributed by atoms with Crippen LogP contribution in [0.4, 0.5) is 13.2 Å². The van der Waals surface area contributed by atoms with Crippen molar-refractivity contribution in [3.8, 4) is 0 Å². The molecule has 0 N–H and O–H groups in total. The minimum Gasteiger partial charge on any atom is -0.379 e. The number of hydrogen-bond donors (Lipinski definition) is 0. The Morgan fingerprint density at radius 2 is 1.35 bits per heavy atom. The van der Waals surface area contributed by atoms with E-state index in [9.17, 15) is 13.2 Å². The van der Waals surface area contributed by atoms with Crippen LogP contribution in [0.25, 0.3) is 0 Å². The van der Waals surface area contributed by atoms with Crippen LogP contribution in [-0.2, 0) is 4.74 Å². The second-order valence-corrected chi connectivity index (χ2v) is 6.59. The molecule has 0 aromatic rings. The van der Waals surface area contributed by atoms with Gasteiger partial charge in [0.15, 0.2) is 0 Å². The van der Waals surface area contributed by atoms with Crippen molar-refractivity contribution in [1.29, 1.82) is 0 Å². The number of ether oxygens (including phenoxy) is 1. The standard InChI is InChI=1S/C16H27F3O/c1-2-20-15-9-7-14(8-10-15)13-5-3-12(4-6-13)11-16(17,18)19/h12-15H,2-11H2,1H3/t12-,13-,14-,15-. The molecule has 0 amide bonds. The van der Waals surface area contributed by atoms with Gasteiger partial charge in [0.25, 0.3) is 0 Å². The van der Waals surface area contributed by atoms with Gasteiger partial charge in [0.05, 0.1) is 6.10 Å². The zero-order valence-electron chi connectivity index (χ0n) is 12.4. The van der Waals surface area contributed by atoms with Crippen LogP contribution in [-0.4, -0.2) is 18.9 Å². The fourth-order valence-corrected chi connectivity index (χ4v) is 4.15. The number of alkyl halides is 3. The van der Waals surface area contributed by atoms with Crippen molar-refractivity contribution in [1.82, 2.24) is 0 Å². The summed E-state index contributed by atoms with van der Waals surface area (Å²) in [4.78, 5) is 0. The highest BCUT2D eigenvalue weighted by atomic mass is 19.4. The molecule has 1 nitrogen and oxygen atoms in total. The van der Waals surface area contributed by atoms with Gasteiger partial charge in [0.1, 0.15) is 0 Å². The molecule has 0 aromatic carbocycles. The van der Waals surface area contributed by atoms with Crippen LogP contribution in [0.2, 0.25) is 0 Å². The molecule has 2 aliphatic carbocycles. The molecular weight excluding hydrogens is 265 g/mol. The molecule has 0 spiro atoms. The lowest BCUT2D eigenvalue weighted by molar-refractivity contribution is -0.147. The van der Waals surface area contributed by atoms with E-state index < -0.39 is 12.6 Å². The van der Waals surface area contributed by atoms with Gasteiger partial charge in [-0.3, -0.25) is 0 Å². The van der Waals surface area contributed by atoms with Crippen molar-refractivity contribution >= 4 is 0 Å². The van der Waals surface area contributed by atoms with Gasteiger partial charge in [-0.05, 0) is 76.0 Å². The predicted octanol–water partition coefficient (Wildman–Crippen LogP) is 5.34. The van der Waals surface area contributed by atoms with Crippen molar-refractivity contribution in [2.24, 2.45) is 17.8 Å². The Balaban J connectivity index is 1.69. The van der Waals surface area contributed by atoms with Crippen molar-refractivity contribution in [3.05, 3.63) is 0 Å². The maximum absolute atomic E-state index is 12.4. The normalized spacial score (nSPS) is 36.0. The summed E-state index contributed by atoms with van der Waals surface area (Å²) >= 11 is 0. The second-order valence-electron chi connectivity index (χ2n) is 6.59. The minimum atomic E-state index is -3.98. The lowest BCUT2D eigenvalue weighted by atomic mass is 9.70. The molecule has 0 aliphatic heterocycles. The first-order chi connectivity index (χ1) is 9.48. The fraction of sp³-hybridized carbons (Fsp3) is 1.00. The van der Waals surface area contributed by atoms with Gasteiger partial charge in [0.2, 0.25) is 0 Å². The van der Waals surface area contributed by atoms with E-state index in [0.29, 0.717) is 12.0 Å². The minimum absolute atomic E-state index is 0.119. The van der Waals surface area contributed by atoms with E-state index in [4.69, 9.17) is 4.74 Å². The maximum Gasteiger partial charge on any atom is 0.389 e. The Hall–Kier alpha value is -0.250. The van der Waals surface area contributed by atoms with E-state index in [1.165, 1.54) is 12.8 Å². The first-order valence-electron chi connectivity index (χ1n) is 8.16. The van der Waals surface area contributed by atoms with Gasteiger partial charge in [-0.25, -0.2) is 0 Å². The quantitative estimate of drug-likeness (QED) is 0.679. The highest BCUT2D eigenvalue weighted by Crippen LogP contribution is 2.42. The zero-order valence-corrected chi connectivity index (χ0v) is 12.4. The molecule has 2 fully saturated rings. The van der Waals surface area contributed by atoms with Gasteiger partial charge < -0.3 is 4.74 Å². The summed E-state index contributed by atoms with van der Waals surface area (Å²) in [5, 5.41) is 0. The number of rotatable bonds is 4. The Morgan fingerprint density at radius 1 is 0.850 bits per heavy atom. The lowest BCUT2D eigenvalue weighted by Crippen LogP contribution is -2.29. The van der Waals surface area contributed by atoms with Crippen molar-refractivity contribution in [2.75, 3.05) is 6.61 Å². The van der Waals surface area contributed by atoms with Gasteiger partial charge in [-0.2, -0.15) is 13.2 Å². The van der Waals surface area contributed by atoms with Gasteiger partial charge in [0, 0.05) is 13.0 Å². The first kappa shape index (κ1) is 16.1. The summed E-state index contributed by atoms with van der Waals surface area (Å²) in [7, 11) is 0. The SMILES string of the molecule is CCO[C@H]1CC[C@H]([C@H]2CC[C@H](CC(F)(F)F)CC2)CC1. The highest BCUT2D eigenvalue weighted by Gasteiger charge is 2.36. The molecule has 0 unspecified atom stereocenters. The van der Waals surface area contributed by atoms with Crippen LogP contribution in [0, 0.1) is 17.8 Å². The number of halogens is 3. The van der Waals surface area contributed by atoms with Crippen molar-refractivity contribution in [2.45, 2.75) is 77.0 Å². The van der Waals surface area contributed by atoms with E-state index >= 15 is 0 Å². The van der Waals surface area contributed by atoms with Crippen molar-refractivity contribution < 1.29 is 17.9 Å². The Kier molecular flexibility index (Phi) is 5.76. The van der Waals surface area contributed by atoms with Gasteiger partial charge >= 0.3 is 6.18 Å². The van der Waals surface area contributed by atoms with Crippen LogP contribution in [0.15, 0.2) is 0 Å². The van der Waals surface area contributed by atoms with E-state index in [2.05, 4.69) is 0 Å².